The van der Waals surface area contributed by atoms with Gasteiger partial charge in [0.2, 0.25) is 0 Å². The van der Waals surface area contributed by atoms with Crippen LogP contribution in [0, 0.1) is 44.5 Å². The Kier molecular flexibility index (Phi) is 4.18. The third kappa shape index (κ3) is 3.46. The van der Waals surface area contributed by atoms with E-state index in [1.807, 2.05) is 32.0 Å². The molecular formula is C18H16N2. The van der Waals surface area contributed by atoms with Gasteiger partial charge < -0.3 is 0 Å². The van der Waals surface area contributed by atoms with Gasteiger partial charge in [0.1, 0.15) is 0 Å². The first kappa shape index (κ1) is 13.8. The monoisotopic (exact) mass is 260 g/mol. The van der Waals surface area contributed by atoms with Crippen molar-refractivity contribution in [3.63, 3.8) is 0 Å². The number of pyridine rings is 2. The van der Waals surface area contributed by atoms with Gasteiger partial charge in [0.15, 0.2) is 0 Å². The van der Waals surface area contributed by atoms with Gasteiger partial charge in [-0.2, -0.15) is 0 Å². The van der Waals surface area contributed by atoms with Gasteiger partial charge in [0, 0.05) is 17.0 Å². The average Bonchev–Trinajstić information content (AvgIpc) is 2.37. The van der Waals surface area contributed by atoms with Crippen molar-refractivity contribution in [3.05, 3.63) is 46.8 Å². The molecule has 0 aromatic carbocycles. The summed E-state index contributed by atoms with van der Waals surface area (Å²) in [5, 5.41) is 0. The maximum Gasteiger partial charge on any atom is 0.0901 e. The molecule has 0 bridgehead atoms. The maximum atomic E-state index is 4.55. The van der Waals surface area contributed by atoms with Crippen molar-refractivity contribution < 1.29 is 0 Å². The van der Waals surface area contributed by atoms with Crippen LogP contribution >= 0.6 is 0 Å². The SMILES string of the molecule is CC#CC#Cc1cc(C)nc(-c2cc(C)cc(C)n2)c1. The first-order valence-electron chi connectivity index (χ1n) is 6.45. The quantitative estimate of drug-likeness (QED) is 0.734. The number of aromatic nitrogens is 2. The molecule has 0 amide bonds. The van der Waals surface area contributed by atoms with E-state index in [2.05, 4.69) is 46.6 Å². The lowest BCUT2D eigenvalue weighted by Crippen LogP contribution is -1.94. The molecule has 0 aliphatic heterocycles. The summed E-state index contributed by atoms with van der Waals surface area (Å²) in [7, 11) is 0. The van der Waals surface area contributed by atoms with E-state index < -0.39 is 0 Å². The van der Waals surface area contributed by atoms with Gasteiger partial charge in [-0.25, -0.2) is 0 Å². The van der Waals surface area contributed by atoms with Gasteiger partial charge in [-0.05, 0) is 69.4 Å². The second-order valence-electron chi connectivity index (χ2n) is 4.68. The second kappa shape index (κ2) is 6.04. The topological polar surface area (TPSA) is 25.8 Å². The molecule has 2 heterocycles. The van der Waals surface area contributed by atoms with Crippen molar-refractivity contribution >= 4 is 0 Å². The van der Waals surface area contributed by atoms with Crippen molar-refractivity contribution in [2.75, 3.05) is 0 Å². The van der Waals surface area contributed by atoms with Crippen molar-refractivity contribution in [2.45, 2.75) is 27.7 Å². The van der Waals surface area contributed by atoms with E-state index in [4.69, 9.17) is 0 Å². The number of rotatable bonds is 1. The molecule has 0 unspecified atom stereocenters. The lowest BCUT2D eigenvalue weighted by Gasteiger charge is -2.05. The van der Waals surface area contributed by atoms with Gasteiger partial charge in [0.05, 0.1) is 11.4 Å². The zero-order chi connectivity index (χ0) is 14.5. The Hall–Kier alpha value is -2.58. The highest BCUT2D eigenvalue weighted by Crippen LogP contribution is 2.18. The average molecular weight is 260 g/mol. The summed E-state index contributed by atoms with van der Waals surface area (Å²) in [4.78, 5) is 9.09. The lowest BCUT2D eigenvalue weighted by atomic mass is 10.1. The van der Waals surface area contributed by atoms with Crippen LogP contribution in [0.4, 0.5) is 0 Å². The predicted molar refractivity (Wildman–Crippen MR) is 82.0 cm³/mol. The molecule has 0 atom stereocenters. The van der Waals surface area contributed by atoms with Gasteiger partial charge in [0.25, 0.3) is 0 Å². The minimum absolute atomic E-state index is 0.852. The van der Waals surface area contributed by atoms with Crippen molar-refractivity contribution in [2.24, 2.45) is 0 Å². The Labute approximate surface area is 120 Å². The summed E-state index contributed by atoms with van der Waals surface area (Å²) in [5.74, 6) is 11.4. The fourth-order valence-electron chi connectivity index (χ4n) is 2.01. The Balaban J connectivity index is 2.51. The molecule has 0 saturated carbocycles. The van der Waals surface area contributed by atoms with E-state index in [-0.39, 0.29) is 0 Å². The largest absolute Gasteiger partial charge is 0.251 e. The highest BCUT2D eigenvalue weighted by Gasteiger charge is 2.05. The summed E-state index contributed by atoms with van der Waals surface area (Å²) in [6, 6.07) is 8.00. The molecule has 2 nitrogen and oxygen atoms in total. The predicted octanol–water partition coefficient (Wildman–Crippen LogP) is 3.44. The number of nitrogens with zero attached hydrogens (tertiary/aromatic N) is 2. The molecule has 0 spiro atoms. The highest BCUT2D eigenvalue weighted by molar-refractivity contribution is 5.59. The normalized spacial score (nSPS) is 9.20. The van der Waals surface area contributed by atoms with E-state index in [1.165, 1.54) is 5.56 Å². The van der Waals surface area contributed by atoms with Gasteiger partial charge >= 0.3 is 0 Å². The molecule has 20 heavy (non-hydrogen) atoms. The third-order valence-corrected chi connectivity index (χ3v) is 2.71. The van der Waals surface area contributed by atoms with Gasteiger partial charge in [-0.1, -0.05) is 11.8 Å². The molecule has 0 N–H and O–H groups in total. The van der Waals surface area contributed by atoms with E-state index in [0.717, 1.165) is 28.3 Å². The van der Waals surface area contributed by atoms with E-state index in [1.54, 1.807) is 6.92 Å². The van der Waals surface area contributed by atoms with Crippen LogP contribution in [0.25, 0.3) is 11.4 Å². The number of hydrogen-bond donors (Lipinski definition) is 0. The van der Waals surface area contributed by atoms with Crippen LogP contribution in [0.2, 0.25) is 0 Å². The Bertz CT molecular complexity index is 745. The number of aryl methyl sites for hydroxylation is 3. The molecule has 98 valence electrons. The molecule has 0 aliphatic carbocycles. The van der Waals surface area contributed by atoms with E-state index in [9.17, 15) is 0 Å². The van der Waals surface area contributed by atoms with Crippen molar-refractivity contribution in [3.8, 4) is 35.1 Å². The van der Waals surface area contributed by atoms with Gasteiger partial charge in [-0.3, -0.25) is 9.97 Å². The molecule has 0 radical (unpaired) electrons. The summed E-state index contributed by atoms with van der Waals surface area (Å²) < 4.78 is 0. The molecular weight excluding hydrogens is 244 g/mol. The standard InChI is InChI=1S/C18H16N2/c1-5-6-7-8-16-11-15(4)20-18(12-16)17-10-13(2)9-14(3)19-17/h9-12H,1-4H3. The molecule has 2 heteroatoms. The Morgan fingerprint density at radius 2 is 1.45 bits per heavy atom. The van der Waals surface area contributed by atoms with Crippen LogP contribution in [0.15, 0.2) is 24.3 Å². The van der Waals surface area contributed by atoms with Crippen LogP contribution < -0.4 is 0 Å². The molecule has 0 saturated heterocycles. The van der Waals surface area contributed by atoms with Gasteiger partial charge in [-0.15, -0.1) is 0 Å². The minimum atomic E-state index is 0.852. The van der Waals surface area contributed by atoms with Crippen LogP contribution in [-0.2, 0) is 0 Å². The third-order valence-electron chi connectivity index (χ3n) is 2.71. The van der Waals surface area contributed by atoms with Crippen LogP contribution in [0.5, 0.6) is 0 Å². The first-order valence-corrected chi connectivity index (χ1v) is 6.45. The Morgan fingerprint density at radius 3 is 2.10 bits per heavy atom. The molecule has 2 aromatic rings. The van der Waals surface area contributed by atoms with Crippen LogP contribution in [0.3, 0.4) is 0 Å². The van der Waals surface area contributed by atoms with E-state index >= 15 is 0 Å². The minimum Gasteiger partial charge on any atom is -0.251 e. The summed E-state index contributed by atoms with van der Waals surface area (Å²) in [6.45, 7) is 7.79. The summed E-state index contributed by atoms with van der Waals surface area (Å²) in [5.41, 5.74) is 5.75. The maximum absolute atomic E-state index is 4.55. The molecule has 2 aromatic heterocycles. The summed E-state index contributed by atoms with van der Waals surface area (Å²) >= 11 is 0. The molecule has 2 rings (SSSR count). The van der Waals surface area contributed by atoms with E-state index in [0.29, 0.717) is 0 Å². The fraction of sp³-hybridized carbons (Fsp3) is 0.222. The Morgan fingerprint density at radius 1 is 0.800 bits per heavy atom. The zero-order valence-electron chi connectivity index (χ0n) is 12.2. The smallest absolute Gasteiger partial charge is 0.0901 e. The summed E-state index contributed by atoms with van der Waals surface area (Å²) in [6.07, 6.45) is 0. The first-order chi connectivity index (χ1) is 9.58. The fourth-order valence-corrected chi connectivity index (χ4v) is 2.01. The second-order valence-corrected chi connectivity index (χ2v) is 4.68. The highest BCUT2D eigenvalue weighted by atomic mass is 14.8. The zero-order valence-corrected chi connectivity index (χ0v) is 12.2. The molecule has 0 aliphatic rings. The van der Waals surface area contributed by atoms with Crippen molar-refractivity contribution in [1.82, 2.24) is 9.97 Å². The van der Waals surface area contributed by atoms with Crippen LogP contribution in [0.1, 0.15) is 29.4 Å². The lowest BCUT2D eigenvalue weighted by molar-refractivity contribution is 1.13. The van der Waals surface area contributed by atoms with Crippen molar-refractivity contribution in [1.29, 1.82) is 0 Å². The number of hydrogen-bond acceptors (Lipinski definition) is 2. The molecule has 0 fully saturated rings. The van der Waals surface area contributed by atoms with Crippen LogP contribution in [-0.4, -0.2) is 9.97 Å².